The maximum Gasteiger partial charge on any atom is 0.317 e. The van der Waals surface area contributed by atoms with Gasteiger partial charge in [0, 0.05) is 19.0 Å². The van der Waals surface area contributed by atoms with Crippen LogP contribution in [0, 0.1) is 11.7 Å². The van der Waals surface area contributed by atoms with E-state index >= 15 is 0 Å². The van der Waals surface area contributed by atoms with E-state index in [-0.39, 0.29) is 17.8 Å². The third-order valence-electron chi connectivity index (χ3n) is 3.71. The van der Waals surface area contributed by atoms with Gasteiger partial charge >= 0.3 is 6.03 Å². The summed E-state index contributed by atoms with van der Waals surface area (Å²) in [5.74, 6) is -0.233. The summed E-state index contributed by atoms with van der Waals surface area (Å²) in [6.45, 7) is 4.90. The van der Waals surface area contributed by atoms with Crippen LogP contribution >= 0.6 is 0 Å². The third kappa shape index (κ3) is 3.23. The van der Waals surface area contributed by atoms with E-state index in [2.05, 4.69) is 5.32 Å². The zero-order chi connectivity index (χ0) is 14.0. The second kappa shape index (κ2) is 5.17. The number of carbonyl (C=O) groups is 1. The quantitative estimate of drug-likeness (QED) is 0.856. The van der Waals surface area contributed by atoms with Crippen LogP contribution in [-0.2, 0) is 6.54 Å². The van der Waals surface area contributed by atoms with E-state index < -0.39 is 5.60 Å². The van der Waals surface area contributed by atoms with Crippen molar-refractivity contribution in [3.05, 3.63) is 35.6 Å². The molecule has 1 aliphatic rings. The maximum absolute atomic E-state index is 12.7. The molecule has 0 aliphatic carbocycles. The number of urea groups is 1. The van der Waals surface area contributed by atoms with E-state index in [1.807, 2.05) is 6.92 Å². The Bertz CT molecular complexity index is 459. The minimum Gasteiger partial charge on any atom is -0.388 e. The minimum absolute atomic E-state index is 0.0593. The number of β-amino-alcohol motifs (C(OH)–C–C–N with tert-alkyl or cyclic N) is 1. The first-order valence-corrected chi connectivity index (χ1v) is 6.38. The normalized spacial score (nSPS) is 26.5. The first-order valence-electron chi connectivity index (χ1n) is 6.38. The number of nitrogens with one attached hydrogen (secondary N) is 1. The molecule has 104 valence electrons. The van der Waals surface area contributed by atoms with Crippen LogP contribution in [0.25, 0.3) is 0 Å². The molecule has 2 amide bonds. The molecular weight excluding hydrogens is 247 g/mol. The van der Waals surface area contributed by atoms with Crippen LogP contribution in [0.2, 0.25) is 0 Å². The second-order valence-electron chi connectivity index (χ2n) is 5.42. The number of likely N-dealkylation sites (tertiary alicyclic amines) is 1. The highest BCUT2D eigenvalue weighted by atomic mass is 19.1. The zero-order valence-electron chi connectivity index (χ0n) is 11.2. The topological polar surface area (TPSA) is 52.6 Å². The third-order valence-corrected chi connectivity index (χ3v) is 3.71. The molecule has 0 unspecified atom stereocenters. The van der Waals surface area contributed by atoms with E-state index in [1.54, 1.807) is 24.0 Å². The van der Waals surface area contributed by atoms with Gasteiger partial charge in [-0.1, -0.05) is 19.1 Å². The number of aliphatic hydroxyl groups is 1. The minimum atomic E-state index is -0.826. The summed E-state index contributed by atoms with van der Waals surface area (Å²) in [6, 6.07) is 5.81. The van der Waals surface area contributed by atoms with E-state index in [4.69, 9.17) is 0 Å². The van der Waals surface area contributed by atoms with Gasteiger partial charge in [-0.2, -0.15) is 0 Å². The average Bonchev–Trinajstić information content (AvgIpc) is 2.63. The molecule has 1 saturated heterocycles. The van der Waals surface area contributed by atoms with Crippen molar-refractivity contribution in [3.8, 4) is 0 Å². The molecule has 1 heterocycles. The summed E-state index contributed by atoms with van der Waals surface area (Å²) in [4.78, 5) is 13.6. The van der Waals surface area contributed by atoms with Crippen molar-refractivity contribution in [3.63, 3.8) is 0 Å². The summed E-state index contributed by atoms with van der Waals surface area (Å²) >= 11 is 0. The first kappa shape index (κ1) is 13.8. The summed E-state index contributed by atoms with van der Waals surface area (Å²) in [5, 5.41) is 12.8. The average molecular weight is 266 g/mol. The molecule has 5 heteroatoms. The van der Waals surface area contributed by atoms with Crippen LogP contribution < -0.4 is 5.32 Å². The molecular formula is C14H19FN2O2. The van der Waals surface area contributed by atoms with Gasteiger partial charge in [0.05, 0.1) is 12.1 Å². The van der Waals surface area contributed by atoms with Crippen molar-refractivity contribution in [2.45, 2.75) is 26.0 Å². The SMILES string of the molecule is C[C@H]1CN(C(=O)NCc2ccc(F)cc2)C[C@@]1(C)O. The number of rotatable bonds is 2. The molecule has 2 N–H and O–H groups in total. The van der Waals surface area contributed by atoms with E-state index in [1.165, 1.54) is 12.1 Å². The number of nitrogens with zero attached hydrogens (tertiary/aromatic N) is 1. The highest BCUT2D eigenvalue weighted by Gasteiger charge is 2.40. The lowest BCUT2D eigenvalue weighted by Gasteiger charge is -2.20. The van der Waals surface area contributed by atoms with Crippen LogP contribution in [0.15, 0.2) is 24.3 Å². The van der Waals surface area contributed by atoms with Crippen LogP contribution in [0.5, 0.6) is 0 Å². The molecule has 1 aliphatic heterocycles. The largest absolute Gasteiger partial charge is 0.388 e. The van der Waals surface area contributed by atoms with Gasteiger partial charge in [-0.05, 0) is 24.6 Å². The first-order chi connectivity index (χ1) is 8.88. The van der Waals surface area contributed by atoms with Crippen LogP contribution in [0.4, 0.5) is 9.18 Å². The lowest BCUT2D eigenvalue weighted by molar-refractivity contribution is 0.0386. The summed E-state index contributed by atoms with van der Waals surface area (Å²) < 4.78 is 12.7. The lowest BCUT2D eigenvalue weighted by atomic mass is 9.95. The highest BCUT2D eigenvalue weighted by Crippen LogP contribution is 2.26. The number of hydrogen-bond donors (Lipinski definition) is 2. The number of benzene rings is 1. The molecule has 19 heavy (non-hydrogen) atoms. The van der Waals surface area contributed by atoms with E-state index in [0.717, 1.165) is 5.56 Å². The van der Waals surface area contributed by atoms with Gasteiger partial charge in [0.25, 0.3) is 0 Å². The van der Waals surface area contributed by atoms with Crippen LogP contribution in [0.3, 0.4) is 0 Å². The van der Waals surface area contributed by atoms with Crippen LogP contribution in [0.1, 0.15) is 19.4 Å². The predicted molar refractivity (Wildman–Crippen MR) is 70.0 cm³/mol. The number of halogens is 1. The summed E-state index contributed by atoms with van der Waals surface area (Å²) in [7, 11) is 0. The van der Waals surface area contributed by atoms with Gasteiger partial charge in [-0.25, -0.2) is 9.18 Å². The molecule has 2 atom stereocenters. The van der Waals surface area contributed by atoms with Crippen molar-refractivity contribution in [2.75, 3.05) is 13.1 Å². The Morgan fingerprint density at radius 3 is 2.68 bits per heavy atom. The number of hydrogen-bond acceptors (Lipinski definition) is 2. The Kier molecular flexibility index (Phi) is 3.75. The van der Waals surface area contributed by atoms with Gasteiger partial charge in [-0.15, -0.1) is 0 Å². The molecule has 4 nitrogen and oxygen atoms in total. The molecule has 1 fully saturated rings. The van der Waals surface area contributed by atoms with E-state index in [0.29, 0.717) is 19.6 Å². The Morgan fingerprint density at radius 1 is 1.53 bits per heavy atom. The molecule has 1 aromatic carbocycles. The Hall–Kier alpha value is -1.62. The molecule has 2 rings (SSSR count). The lowest BCUT2D eigenvalue weighted by Crippen LogP contribution is -2.40. The van der Waals surface area contributed by atoms with Crippen molar-refractivity contribution < 1.29 is 14.3 Å². The number of amides is 2. The molecule has 0 aromatic heterocycles. The van der Waals surface area contributed by atoms with Crippen molar-refractivity contribution in [1.29, 1.82) is 0 Å². The maximum atomic E-state index is 12.7. The summed E-state index contributed by atoms with van der Waals surface area (Å²) in [6.07, 6.45) is 0. The van der Waals surface area contributed by atoms with Gasteiger partial charge < -0.3 is 15.3 Å². The standard InChI is InChI=1S/C14H19FN2O2/c1-10-8-17(9-14(10,2)19)13(18)16-7-11-3-5-12(15)6-4-11/h3-6,10,19H,7-9H2,1-2H3,(H,16,18)/t10-,14+/m0/s1. The van der Waals surface area contributed by atoms with Gasteiger partial charge in [0.2, 0.25) is 0 Å². The Balaban J connectivity index is 1.87. The fourth-order valence-corrected chi connectivity index (χ4v) is 2.18. The highest BCUT2D eigenvalue weighted by molar-refractivity contribution is 5.74. The molecule has 0 saturated carbocycles. The fourth-order valence-electron chi connectivity index (χ4n) is 2.18. The van der Waals surface area contributed by atoms with Crippen molar-refractivity contribution >= 4 is 6.03 Å². The molecule has 0 radical (unpaired) electrons. The monoisotopic (exact) mass is 266 g/mol. The number of carbonyl (C=O) groups excluding carboxylic acids is 1. The summed E-state index contributed by atoms with van der Waals surface area (Å²) in [5.41, 5.74) is 0.0153. The van der Waals surface area contributed by atoms with Crippen molar-refractivity contribution in [2.24, 2.45) is 5.92 Å². The van der Waals surface area contributed by atoms with Gasteiger partial charge in [0.15, 0.2) is 0 Å². The van der Waals surface area contributed by atoms with Crippen molar-refractivity contribution in [1.82, 2.24) is 10.2 Å². The predicted octanol–water partition coefficient (Wildman–Crippen LogP) is 1.74. The van der Waals surface area contributed by atoms with Gasteiger partial charge in [-0.3, -0.25) is 0 Å². The van der Waals surface area contributed by atoms with Crippen LogP contribution in [-0.4, -0.2) is 34.7 Å². The van der Waals surface area contributed by atoms with Gasteiger partial charge in [0.1, 0.15) is 5.82 Å². The fraction of sp³-hybridized carbons (Fsp3) is 0.500. The Morgan fingerprint density at radius 2 is 2.16 bits per heavy atom. The smallest absolute Gasteiger partial charge is 0.317 e. The second-order valence-corrected chi connectivity index (χ2v) is 5.42. The Labute approximate surface area is 112 Å². The molecule has 0 spiro atoms. The molecule has 1 aromatic rings. The molecule has 0 bridgehead atoms. The zero-order valence-corrected chi connectivity index (χ0v) is 11.2. The van der Waals surface area contributed by atoms with E-state index in [9.17, 15) is 14.3 Å².